The minimum absolute atomic E-state index is 0.0895. The lowest BCUT2D eigenvalue weighted by molar-refractivity contribution is 0.0942. The lowest BCUT2D eigenvalue weighted by Crippen LogP contribution is -2.24. The van der Waals surface area contributed by atoms with E-state index in [0.29, 0.717) is 11.6 Å². The summed E-state index contributed by atoms with van der Waals surface area (Å²) in [6.45, 7) is 0.205. The molecule has 0 bridgehead atoms. The van der Waals surface area contributed by atoms with Crippen LogP contribution >= 0.6 is 11.6 Å². The van der Waals surface area contributed by atoms with E-state index in [2.05, 4.69) is 20.9 Å². The molecule has 0 aliphatic carbocycles. The van der Waals surface area contributed by atoms with Crippen LogP contribution in [-0.2, 0) is 6.54 Å². The zero-order chi connectivity index (χ0) is 13.0. The Morgan fingerprint density at radius 3 is 2.94 bits per heavy atom. The topological polar surface area (TPSA) is 106 Å². The molecule has 2 rings (SSSR count). The van der Waals surface area contributed by atoms with Gasteiger partial charge in [0.2, 0.25) is 0 Å². The van der Waals surface area contributed by atoms with Gasteiger partial charge in [-0.1, -0.05) is 16.8 Å². The first-order valence-corrected chi connectivity index (χ1v) is 5.39. The van der Waals surface area contributed by atoms with Crippen LogP contribution in [0.1, 0.15) is 16.2 Å². The summed E-state index contributed by atoms with van der Waals surface area (Å²) in [7, 11) is 0. The Labute approximate surface area is 107 Å². The molecule has 0 unspecified atom stereocenters. The van der Waals surface area contributed by atoms with Crippen LogP contribution in [0, 0.1) is 0 Å². The van der Waals surface area contributed by atoms with Crippen molar-refractivity contribution < 1.29 is 9.32 Å². The first-order valence-electron chi connectivity index (χ1n) is 5.01. The highest BCUT2D eigenvalue weighted by Crippen LogP contribution is 2.16. The van der Waals surface area contributed by atoms with Gasteiger partial charge in [-0.05, 0) is 12.1 Å². The van der Waals surface area contributed by atoms with Crippen molar-refractivity contribution in [2.45, 2.75) is 6.54 Å². The molecule has 0 aromatic carbocycles. The molecule has 0 aliphatic rings. The van der Waals surface area contributed by atoms with Crippen molar-refractivity contribution in [3.05, 3.63) is 40.9 Å². The van der Waals surface area contributed by atoms with Gasteiger partial charge in [0.05, 0.1) is 17.8 Å². The molecule has 8 heteroatoms. The lowest BCUT2D eigenvalue weighted by atomic mass is 10.3. The van der Waals surface area contributed by atoms with E-state index in [4.69, 9.17) is 22.0 Å². The highest BCUT2D eigenvalue weighted by Gasteiger charge is 2.13. The number of nitrogen functional groups attached to an aromatic ring is 1. The Balaban J connectivity index is 2.08. The Morgan fingerprint density at radius 1 is 1.44 bits per heavy atom. The minimum atomic E-state index is -0.423. The van der Waals surface area contributed by atoms with E-state index in [9.17, 15) is 4.79 Å². The van der Waals surface area contributed by atoms with E-state index in [1.807, 2.05) is 0 Å². The van der Waals surface area contributed by atoms with Gasteiger partial charge in [0.25, 0.3) is 5.91 Å². The molecule has 2 aromatic rings. The fourth-order valence-electron chi connectivity index (χ4n) is 1.27. The zero-order valence-corrected chi connectivity index (χ0v) is 9.94. The van der Waals surface area contributed by atoms with E-state index in [1.54, 1.807) is 12.1 Å². The van der Waals surface area contributed by atoms with Crippen molar-refractivity contribution in [2.24, 2.45) is 5.84 Å². The number of hydrazine groups is 1. The quantitative estimate of drug-likeness (QED) is 0.562. The van der Waals surface area contributed by atoms with Crippen LogP contribution < -0.4 is 16.6 Å². The number of hydrogen-bond acceptors (Lipinski definition) is 6. The van der Waals surface area contributed by atoms with E-state index in [1.165, 1.54) is 12.3 Å². The summed E-state index contributed by atoms with van der Waals surface area (Å²) >= 11 is 5.88. The smallest absolute Gasteiger partial charge is 0.271 e. The molecule has 0 radical (unpaired) electrons. The van der Waals surface area contributed by atoms with Crippen LogP contribution in [0.15, 0.2) is 28.9 Å². The molecule has 1 amide bonds. The van der Waals surface area contributed by atoms with Gasteiger partial charge < -0.3 is 15.3 Å². The standard InChI is InChI=1S/C10H10ClN5O2/c11-7-1-2-8(16-12)15-9(7)10(17)13-5-6-3-4-14-18-6/h1-4H,5,12H2,(H,13,17)(H,15,16). The van der Waals surface area contributed by atoms with Crippen LogP contribution in [0.25, 0.3) is 0 Å². The van der Waals surface area contributed by atoms with Crippen molar-refractivity contribution in [3.8, 4) is 0 Å². The normalized spacial score (nSPS) is 10.1. The monoisotopic (exact) mass is 267 g/mol. The SMILES string of the molecule is NNc1ccc(Cl)c(C(=O)NCc2ccno2)n1. The number of aromatic nitrogens is 2. The average Bonchev–Trinajstić information content (AvgIpc) is 2.89. The fraction of sp³-hybridized carbons (Fsp3) is 0.100. The van der Waals surface area contributed by atoms with Crippen LogP contribution in [0.2, 0.25) is 5.02 Å². The number of anilines is 1. The van der Waals surface area contributed by atoms with Gasteiger partial charge in [-0.15, -0.1) is 0 Å². The van der Waals surface area contributed by atoms with Gasteiger partial charge in [-0.3, -0.25) is 4.79 Å². The molecule has 0 fully saturated rings. The molecule has 0 aliphatic heterocycles. The highest BCUT2D eigenvalue weighted by atomic mass is 35.5. The summed E-state index contributed by atoms with van der Waals surface area (Å²) in [5.74, 6) is 5.67. The largest absolute Gasteiger partial charge is 0.360 e. The summed E-state index contributed by atoms with van der Waals surface area (Å²) in [6.07, 6.45) is 1.49. The maximum Gasteiger partial charge on any atom is 0.271 e. The van der Waals surface area contributed by atoms with Gasteiger partial charge in [0.15, 0.2) is 5.76 Å². The lowest BCUT2D eigenvalue weighted by Gasteiger charge is -2.06. The maximum absolute atomic E-state index is 11.8. The average molecular weight is 268 g/mol. The van der Waals surface area contributed by atoms with Gasteiger partial charge in [0, 0.05) is 6.07 Å². The summed E-state index contributed by atoms with van der Waals surface area (Å²) in [4.78, 5) is 15.8. The highest BCUT2D eigenvalue weighted by molar-refractivity contribution is 6.33. The van der Waals surface area contributed by atoms with Crippen molar-refractivity contribution >= 4 is 23.3 Å². The van der Waals surface area contributed by atoms with Gasteiger partial charge in [-0.2, -0.15) is 0 Å². The number of pyridine rings is 1. The van der Waals surface area contributed by atoms with Crippen molar-refractivity contribution in [1.29, 1.82) is 0 Å². The second kappa shape index (κ2) is 5.48. The molecule has 2 aromatic heterocycles. The molecule has 0 saturated heterocycles. The third-order valence-electron chi connectivity index (χ3n) is 2.12. The molecular weight excluding hydrogens is 258 g/mol. The number of amides is 1. The van der Waals surface area contributed by atoms with E-state index in [0.717, 1.165) is 0 Å². The number of carbonyl (C=O) groups is 1. The Hall–Kier alpha value is -2.12. The van der Waals surface area contributed by atoms with Crippen molar-refractivity contribution in [3.63, 3.8) is 0 Å². The second-order valence-corrected chi connectivity index (χ2v) is 3.74. The van der Waals surface area contributed by atoms with Crippen LogP contribution in [0.5, 0.6) is 0 Å². The number of rotatable bonds is 4. The number of nitrogens with two attached hydrogens (primary N) is 1. The third kappa shape index (κ3) is 2.76. The molecule has 94 valence electrons. The summed E-state index contributed by atoms with van der Waals surface area (Å²) in [6, 6.07) is 4.75. The zero-order valence-electron chi connectivity index (χ0n) is 9.18. The second-order valence-electron chi connectivity index (χ2n) is 3.33. The van der Waals surface area contributed by atoms with Crippen LogP contribution in [-0.4, -0.2) is 16.0 Å². The molecule has 0 saturated carbocycles. The molecule has 7 nitrogen and oxygen atoms in total. The number of carbonyl (C=O) groups excluding carboxylic acids is 1. The number of hydrogen-bond donors (Lipinski definition) is 3. The Kier molecular flexibility index (Phi) is 3.75. The van der Waals surface area contributed by atoms with Crippen LogP contribution in [0.4, 0.5) is 5.82 Å². The Bertz CT molecular complexity index is 543. The summed E-state index contributed by atoms with van der Waals surface area (Å²) in [5.41, 5.74) is 2.43. The van der Waals surface area contributed by atoms with E-state index in [-0.39, 0.29) is 17.3 Å². The van der Waals surface area contributed by atoms with Gasteiger partial charge >= 0.3 is 0 Å². The predicted octanol–water partition coefficient (Wildman–Crippen LogP) is 0.939. The van der Waals surface area contributed by atoms with E-state index >= 15 is 0 Å². The molecule has 18 heavy (non-hydrogen) atoms. The summed E-state index contributed by atoms with van der Waals surface area (Å²) < 4.78 is 4.84. The first-order chi connectivity index (χ1) is 8.70. The number of halogens is 1. The van der Waals surface area contributed by atoms with E-state index < -0.39 is 5.91 Å². The molecule has 0 spiro atoms. The Morgan fingerprint density at radius 2 is 2.28 bits per heavy atom. The fourth-order valence-corrected chi connectivity index (χ4v) is 1.46. The maximum atomic E-state index is 11.8. The van der Waals surface area contributed by atoms with Crippen molar-refractivity contribution in [2.75, 3.05) is 5.43 Å². The third-order valence-corrected chi connectivity index (χ3v) is 2.43. The van der Waals surface area contributed by atoms with Gasteiger partial charge in [-0.25, -0.2) is 10.8 Å². The minimum Gasteiger partial charge on any atom is -0.360 e. The van der Waals surface area contributed by atoms with Crippen molar-refractivity contribution in [1.82, 2.24) is 15.5 Å². The molecule has 2 heterocycles. The number of nitrogens with one attached hydrogen (secondary N) is 2. The first kappa shape index (κ1) is 12.3. The van der Waals surface area contributed by atoms with Gasteiger partial charge in [0.1, 0.15) is 11.5 Å². The molecular formula is C10H10ClN5O2. The molecule has 0 atom stereocenters. The van der Waals surface area contributed by atoms with Crippen LogP contribution in [0.3, 0.4) is 0 Å². The summed E-state index contributed by atoms with van der Waals surface area (Å²) in [5, 5.41) is 6.37. The predicted molar refractivity (Wildman–Crippen MR) is 64.7 cm³/mol. The number of nitrogens with zero attached hydrogens (tertiary/aromatic N) is 2. The molecule has 4 N–H and O–H groups in total.